The second-order valence-electron chi connectivity index (χ2n) is 7.50. The molecule has 164 valence electrons. The lowest BCUT2D eigenvalue weighted by Gasteiger charge is -2.41. The van der Waals surface area contributed by atoms with Crippen molar-refractivity contribution in [3.63, 3.8) is 0 Å². The molecule has 2 N–H and O–H groups in total. The van der Waals surface area contributed by atoms with Crippen LogP contribution in [0.3, 0.4) is 0 Å². The zero-order valence-electron chi connectivity index (χ0n) is 17.0. The van der Waals surface area contributed by atoms with Crippen molar-refractivity contribution in [2.45, 2.75) is 12.5 Å². The molecule has 1 atom stereocenters. The normalized spacial score (nSPS) is 21.2. The largest absolute Gasteiger partial charge is 0.368 e. The Bertz CT molecular complexity index is 948. The summed E-state index contributed by atoms with van der Waals surface area (Å²) in [6.07, 6.45) is 2.25. The fraction of sp³-hybridized carbons (Fsp3) is 0.474. The minimum atomic E-state index is -3.95. The van der Waals surface area contributed by atoms with E-state index in [0.717, 1.165) is 15.4 Å². The van der Waals surface area contributed by atoms with Crippen LogP contribution in [0.2, 0.25) is 0 Å². The van der Waals surface area contributed by atoms with E-state index < -0.39 is 22.2 Å². The maximum Gasteiger partial charge on any atom is 0.319 e. The molecule has 2 aliphatic rings. The van der Waals surface area contributed by atoms with Crippen molar-refractivity contribution in [3.05, 3.63) is 41.7 Å². The van der Waals surface area contributed by atoms with Crippen LogP contribution in [0, 0.1) is 5.82 Å². The maximum absolute atomic E-state index is 13.2. The minimum Gasteiger partial charge on any atom is -0.368 e. The van der Waals surface area contributed by atoms with Crippen molar-refractivity contribution < 1.29 is 22.4 Å². The number of hydrogen-bond acceptors (Lipinski definition) is 4. The monoisotopic (exact) mass is 439 g/mol. The second kappa shape index (κ2) is 8.70. The molecule has 0 bridgehead atoms. The topological polar surface area (TPSA) is 107 Å². The number of benzene rings is 1. The van der Waals surface area contributed by atoms with Gasteiger partial charge in [0.25, 0.3) is 10.2 Å². The standard InChI is InChI=1S/C19H26FN5O4S/c1-22(2)19(27)23-11-12-25(17(13-23)18(21)26)30(28,29)24-9-7-15(8-10-24)14-3-5-16(20)6-4-14/h3-7,17H,8-13H2,1-2H3,(H2,21,26)/t17-/m1/s1. The summed E-state index contributed by atoms with van der Waals surface area (Å²) in [6.45, 7) is 0.437. The molecule has 9 nitrogen and oxygen atoms in total. The Morgan fingerprint density at radius 3 is 2.33 bits per heavy atom. The van der Waals surface area contributed by atoms with Gasteiger partial charge in [-0.15, -0.1) is 0 Å². The van der Waals surface area contributed by atoms with Crippen LogP contribution >= 0.6 is 0 Å². The average Bonchev–Trinajstić information content (AvgIpc) is 2.73. The molecule has 3 rings (SSSR count). The van der Waals surface area contributed by atoms with E-state index >= 15 is 0 Å². The molecule has 1 aromatic carbocycles. The Morgan fingerprint density at radius 2 is 1.80 bits per heavy atom. The number of piperazine rings is 1. The van der Waals surface area contributed by atoms with E-state index in [9.17, 15) is 22.4 Å². The molecule has 1 aromatic rings. The van der Waals surface area contributed by atoms with Crippen molar-refractivity contribution in [2.75, 3.05) is 46.8 Å². The van der Waals surface area contributed by atoms with Gasteiger partial charge in [0.1, 0.15) is 11.9 Å². The van der Waals surface area contributed by atoms with Gasteiger partial charge in [0.05, 0.1) is 0 Å². The zero-order chi connectivity index (χ0) is 22.1. The fourth-order valence-corrected chi connectivity index (χ4v) is 5.35. The van der Waals surface area contributed by atoms with Crippen LogP contribution in [0.1, 0.15) is 12.0 Å². The van der Waals surface area contributed by atoms with Crippen molar-refractivity contribution in [2.24, 2.45) is 5.73 Å². The van der Waals surface area contributed by atoms with E-state index in [0.29, 0.717) is 6.42 Å². The molecule has 0 aromatic heterocycles. The van der Waals surface area contributed by atoms with Crippen molar-refractivity contribution in [3.8, 4) is 0 Å². The maximum atomic E-state index is 13.2. The van der Waals surface area contributed by atoms with Crippen LogP contribution in [0.15, 0.2) is 30.3 Å². The van der Waals surface area contributed by atoms with Crippen LogP contribution in [-0.4, -0.2) is 91.6 Å². The van der Waals surface area contributed by atoms with Crippen molar-refractivity contribution in [1.29, 1.82) is 0 Å². The number of urea groups is 1. The Labute approximate surface area is 175 Å². The number of carbonyl (C=O) groups is 2. The Kier molecular flexibility index (Phi) is 6.44. The van der Waals surface area contributed by atoms with Gasteiger partial charge in [-0.25, -0.2) is 9.18 Å². The summed E-state index contributed by atoms with van der Waals surface area (Å²) in [5.74, 6) is -1.13. The summed E-state index contributed by atoms with van der Waals surface area (Å²) in [5.41, 5.74) is 7.26. The summed E-state index contributed by atoms with van der Waals surface area (Å²) in [7, 11) is -0.778. The number of carbonyl (C=O) groups excluding carboxylic acids is 2. The van der Waals surface area contributed by atoms with Gasteiger partial charge in [-0.05, 0) is 29.7 Å². The van der Waals surface area contributed by atoms with Crippen LogP contribution in [0.5, 0.6) is 0 Å². The zero-order valence-corrected chi connectivity index (χ0v) is 17.8. The summed E-state index contributed by atoms with van der Waals surface area (Å²) in [4.78, 5) is 27.0. The SMILES string of the molecule is CN(C)C(=O)N1CCN(S(=O)(=O)N2CC=C(c3ccc(F)cc3)CC2)[C@@H](C(N)=O)C1. The molecule has 1 fully saturated rings. The van der Waals surface area contributed by atoms with E-state index in [4.69, 9.17) is 5.73 Å². The average molecular weight is 440 g/mol. The Balaban J connectivity index is 1.75. The van der Waals surface area contributed by atoms with E-state index in [1.807, 2.05) is 0 Å². The first kappa shape index (κ1) is 22.2. The lowest BCUT2D eigenvalue weighted by Crippen LogP contribution is -2.64. The van der Waals surface area contributed by atoms with Crippen molar-refractivity contribution >= 4 is 27.7 Å². The van der Waals surface area contributed by atoms with Gasteiger partial charge < -0.3 is 15.5 Å². The summed E-state index contributed by atoms with van der Waals surface area (Å²) in [6, 6.07) is 4.62. The van der Waals surface area contributed by atoms with Gasteiger partial charge in [0.15, 0.2) is 0 Å². The highest BCUT2D eigenvalue weighted by Gasteiger charge is 2.42. The lowest BCUT2D eigenvalue weighted by molar-refractivity contribution is -0.123. The van der Waals surface area contributed by atoms with E-state index in [1.54, 1.807) is 32.3 Å². The molecule has 1 saturated heterocycles. The molecule has 11 heteroatoms. The minimum absolute atomic E-state index is 0.0133. The molecule has 0 radical (unpaired) electrons. The molecule has 2 heterocycles. The highest BCUT2D eigenvalue weighted by Crippen LogP contribution is 2.26. The van der Waals surface area contributed by atoms with Gasteiger partial charge >= 0.3 is 6.03 Å². The molecule has 30 heavy (non-hydrogen) atoms. The molecule has 0 aliphatic carbocycles. The van der Waals surface area contributed by atoms with E-state index in [-0.39, 0.29) is 44.6 Å². The molecule has 3 amide bonds. The van der Waals surface area contributed by atoms with E-state index in [1.165, 1.54) is 26.2 Å². The van der Waals surface area contributed by atoms with Crippen molar-refractivity contribution in [1.82, 2.24) is 18.4 Å². The van der Waals surface area contributed by atoms with Crippen LogP contribution < -0.4 is 5.73 Å². The fourth-order valence-electron chi connectivity index (χ4n) is 3.67. The highest BCUT2D eigenvalue weighted by molar-refractivity contribution is 7.86. The van der Waals surface area contributed by atoms with E-state index in [2.05, 4.69) is 0 Å². The van der Waals surface area contributed by atoms with Crippen LogP contribution in [0.4, 0.5) is 9.18 Å². The first-order valence-electron chi connectivity index (χ1n) is 9.58. The number of primary amides is 1. The van der Waals surface area contributed by atoms with Crippen LogP contribution in [-0.2, 0) is 15.0 Å². The number of nitrogens with two attached hydrogens (primary N) is 1. The molecular weight excluding hydrogens is 413 g/mol. The summed E-state index contributed by atoms with van der Waals surface area (Å²) >= 11 is 0. The summed E-state index contributed by atoms with van der Waals surface area (Å²) < 4.78 is 41.9. The van der Waals surface area contributed by atoms with Gasteiger partial charge in [-0.2, -0.15) is 17.0 Å². The molecule has 0 spiro atoms. The number of nitrogens with zero attached hydrogens (tertiary/aromatic N) is 4. The predicted molar refractivity (Wildman–Crippen MR) is 110 cm³/mol. The highest BCUT2D eigenvalue weighted by atomic mass is 32.2. The first-order chi connectivity index (χ1) is 14.1. The number of hydrogen-bond donors (Lipinski definition) is 1. The van der Waals surface area contributed by atoms with Gasteiger partial charge in [-0.1, -0.05) is 18.2 Å². The third-order valence-corrected chi connectivity index (χ3v) is 7.34. The first-order valence-corrected chi connectivity index (χ1v) is 11.0. The second-order valence-corrected chi connectivity index (χ2v) is 9.39. The number of halogens is 1. The predicted octanol–water partition coefficient (Wildman–Crippen LogP) is 0.313. The van der Waals surface area contributed by atoms with Crippen LogP contribution in [0.25, 0.3) is 5.57 Å². The lowest BCUT2D eigenvalue weighted by atomic mass is 10.0. The summed E-state index contributed by atoms with van der Waals surface area (Å²) in [5, 5.41) is 0. The number of amides is 3. The molecule has 0 unspecified atom stereocenters. The quantitative estimate of drug-likeness (QED) is 0.729. The van der Waals surface area contributed by atoms with Gasteiger partial charge in [0, 0.05) is 46.8 Å². The van der Waals surface area contributed by atoms with Gasteiger partial charge in [-0.3, -0.25) is 4.79 Å². The Hall–Kier alpha value is -2.50. The molecule has 2 aliphatic heterocycles. The third kappa shape index (κ3) is 4.47. The molecule has 0 saturated carbocycles. The number of rotatable bonds is 4. The third-order valence-electron chi connectivity index (χ3n) is 5.32. The smallest absolute Gasteiger partial charge is 0.319 e. The Morgan fingerprint density at radius 1 is 1.13 bits per heavy atom. The van der Waals surface area contributed by atoms with Gasteiger partial charge in [0.2, 0.25) is 5.91 Å². The molecular formula is C19H26FN5O4S.